The third-order valence-corrected chi connectivity index (χ3v) is 7.07. The van der Waals surface area contributed by atoms with E-state index < -0.39 is 0 Å². The summed E-state index contributed by atoms with van der Waals surface area (Å²) in [5.74, 6) is 9.50. The molecule has 45 heavy (non-hydrogen) atoms. The molecule has 1 saturated heterocycles. The van der Waals surface area contributed by atoms with E-state index in [0.29, 0.717) is 53.6 Å². The van der Waals surface area contributed by atoms with E-state index in [-0.39, 0.29) is 5.91 Å². The zero-order valence-corrected chi connectivity index (χ0v) is 29.7. The van der Waals surface area contributed by atoms with Crippen molar-refractivity contribution >= 4 is 46.5 Å². The van der Waals surface area contributed by atoms with Crippen molar-refractivity contribution < 1.29 is 4.79 Å². The highest BCUT2D eigenvalue weighted by Gasteiger charge is 2.19. The van der Waals surface area contributed by atoms with Crippen LogP contribution < -0.4 is 15.5 Å². The first-order chi connectivity index (χ1) is 21.9. The third kappa shape index (κ3) is 18.6. The van der Waals surface area contributed by atoms with Crippen LogP contribution in [0.3, 0.4) is 0 Å². The molecule has 2 rings (SSSR count). The van der Waals surface area contributed by atoms with Gasteiger partial charge in [-0.2, -0.15) is 15.0 Å². The van der Waals surface area contributed by atoms with E-state index in [4.69, 9.17) is 16.4 Å². The van der Waals surface area contributed by atoms with Gasteiger partial charge in [0.15, 0.2) is 10.3 Å². The number of anilines is 2. The number of carbonyl (C=O) groups is 1. The van der Waals surface area contributed by atoms with Gasteiger partial charge in [-0.25, -0.2) is 0 Å². The van der Waals surface area contributed by atoms with E-state index in [9.17, 15) is 4.79 Å². The number of aliphatic imine (C=N–C) groups is 1. The van der Waals surface area contributed by atoms with E-state index in [1.54, 1.807) is 26.1 Å². The Bertz CT molecular complexity index is 1280. The van der Waals surface area contributed by atoms with E-state index >= 15 is 0 Å². The molecule has 244 valence electrons. The number of unbranched alkanes of at least 4 members (excludes halogenated alkanes) is 1. The Kier molecular flexibility index (Phi) is 24.4. The average Bonchev–Trinajstić information content (AvgIpc) is 3.07. The smallest absolute Gasteiger partial charge is 0.234 e. The van der Waals surface area contributed by atoms with Gasteiger partial charge in [0, 0.05) is 58.2 Å². The molecule has 0 spiro atoms. The fourth-order valence-corrected chi connectivity index (χ4v) is 4.41. The lowest BCUT2D eigenvalue weighted by molar-refractivity contribution is -0.120. The molecular weight excluding hydrogens is 601 g/mol. The normalized spacial score (nSPS) is 13.4. The predicted octanol–water partition coefficient (Wildman–Crippen LogP) is 6.89. The van der Waals surface area contributed by atoms with Gasteiger partial charge in [0.2, 0.25) is 17.8 Å². The molecule has 0 bridgehead atoms. The van der Waals surface area contributed by atoms with Gasteiger partial charge < -0.3 is 20.4 Å². The molecular formula is C34H50N8OS2. The van der Waals surface area contributed by atoms with Crippen molar-refractivity contribution in [2.24, 2.45) is 4.99 Å². The van der Waals surface area contributed by atoms with Crippen LogP contribution >= 0.6 is 23.5 Å². The van der Waals surface area contributed by atoms with Crippen LogP contribution in [0, 0.1) is 24.2 Å². The number of amides is 1. The number of piperazine rings is 1. The number of likely N-dealkylation sites (N-methyl/N-ethyl adjacent to an activating group) is 1. The van der Waals surface area contributed by atoms with Crippen LogP contribution in [0.4, 0.5) is 11.9 Å². The van der Waals surface area contributed by atoms with Gasteiger partial charge in [0.25, 0.3) is 0 Å². The molecule has 1 amide bonds. The highest BCUT2D eigenvalue weighted by Crippen LogP contribution is 2.24. The summed E-state index contributed by atoms with van der Waals surface area (Å²) in [7, 11) is 3.81. The molecule has 2 N–H and O–H groups in total. The number of nitrogens with one attached hydrogen (secondary N) is 2. The van der Waals surface area contributed by atoms with Crippen molar-refractivity contribution in [3.63, 3.8) is 0 Å². The van der Waals surface area contributed by atoms with Crippen LogP contribution in [-0.4, -0.2) is 71.2 Å². The average molecular weight is 651 g/mol. The maximum atomic E-state index is 11.7. The molecule has 1 aromatic heterocycles. The second-order valence-electron chi connectivity index (χ2n) is 8.63. The van der Waals surface area contributed by atoms with Crippen LogP contribution in [0.2, 0.25) is 0 Å². The Morgan fingerprint density at radius 3 is 2.47 bits per heavy atom. The second-order valence-corrected chi connectivity index (χ2v) is 10.7. The second kappa shape index (κ2) is 26.6. The number of carbonyl (C=O) groups excluding carboxylic acids is 1. The van der Waals surface area contributed by atoms with Gasteiger partial charge in [-0.1, -0.05) is 95.3 Å². The Morgan fingerprint density at radius 1 is 1.13 bits per heavy atom. The Hall–Kier alpha value is -3.77. The van der Waals surface area contributed by atoms with E-state index in [0.717, 1.165) is 31.1 Å². The summed E-state index contributed by atoms with van der Waals surface area (Å²) in [5.41, 5.74) is 0.622. The molecule has 9 nitrogen and oxygen atoms in total. The topological polar surface area (TPSA) is 98.6 Å². The van der Waals surface area contributed by atoms with Crippen molar-refractivity contribution in [2.45, 2.75) is 65.5 Å². The molecule has 0 aromatic carbocycles. The zero-order valence-electron chi connectivity index (χ0n) is 28.0. The molecule has 0 aliphatic carbocycles. The lowest BCUT2D eigenvalue weighted by Gasteiger charge is -2.32. The first-order valence-electron chi connectivity index (χ1n) is 15.2. The molecule has 0 atom stereocenters. The van der Waals surface area contributed by atoms with E-state index in [2.05, 4.69) is 68.4 Å². The molecule has 1 aromatic rings. The Morgan fingerprint density at radius 2 is 1.84 bits per heavy atom. The Labute approximate surface area is 280 Å². The fourth-order valence-electron chi connectivity index (χ4n) is 3.17. The summed E-state index contributed by atoms with van der Waals surface area (Å²) in [5, 5.41) is 9.02. The lowest BCUT2D eigenvalue weighted by Crippen LogP contribution is -2.45. The number of terminal acetylenes is 1. The van der Waals surface area contributed by atoms with Crippen molar-refractivity contribution in [1.29, 1.82) is 0 Å². The molecule has 1 aliphatic rings. The zero-order chi connectivity index (χ0) is 33.9. The Balaban J connectivity index is 0.00000464. The van der Waals surface area contributed by atoms with Crippen LogP contribution in [0.15, 0.2) is 69.7 Å². The lowest BCUT2D eigenvalue weighted by atomic mass is 10.3. The molecule has 11 heteroatoms. The number of amidine groups is 1. The van der Waals surface area contributed by atoms with Crippen molar-refractivity contribution in [2.75, 3.05) is 50.5 Å². The summed E-state index contributed by atoms with van der Waals surface area (Å²) in [6.07, 6.45) is 16.6. The van der Waals surface area contributed by atoms with E-state index in [1.807, 2.05) is 51.3 Å². The summed E-state index contributed by atoms with van der Waals surface area (Å²) >= 11 is 2.77. The van der Waals surface area contributed by atoms with Crippen molar-refractivity contribution in [3.05, 3.63) is 59.5 Å². The van der Waals surface area contributed by atoms with Gasteiger partial charge in [-0.3, -0.25) is 9.79 Å². The standard InChI is InChI=1S/C30H38N8OS2.2C2H6/c1-7-10-11-12-13-14-15-17-24(4)41-29(31-5)34-27-33-28(38-21-19-37(6)20-22-38)36-30(35-27)40-23-16-18-25(8-2)32-26(39)9-3;2*1-2/h1,8,14-16,18,23H,2,4,9-11,17,19-22H2,3,5-6H3,(H,32,39)(H,31,33,34,35,36);2*1-2H3/b15-14-,23-16+,25-18+;;. The predicted molar refractivity (Wildman–Crippen MR) is 197 cm³/mol. The van der Waals surface area contributed by atoms with Crippen LogP contribution in [0.1, 0.15) is 60.3 Å². The molecule has 0 unspecified atom stereocenters. The minimum absolute atomic E-state index is 0.0723. The summed E-state index contributed by atoms with van der Waals surface area (Å²) < 4.78 is 0. The molecule has 1 aliphatic heterocycles. The first kappa shape index (κ1) is 41.2. The van der Waals surface area contributed by atoms with Gasteiger partial charge in [-0.15, -0.1) is 12.3 Å². The number of hydrogen-bond donors (Lipinski definition) is 2. The minimum Gasteiger partial charge on any atom is -0.338 e. The van der Waals surface area contributed by atoms with Crippen molar-refractivity contribution in [3.8, 4) is 24.2 Å². The third-order valence-electron chi connectivity index (χ3n) is 5.45. The number of hydrogen-bond acceptors (Lipinski definition) is 9. The maximum absolute atomic E-state index is 11.7. The summed E-state index contributed by atoms with van der Waals surface area (Å²) in [6.45, 7) is 21.2. The number of thioether (sulfide) groups is 2. The molecule has 0 saturated carbocycles. The van der Waals surface area contributed by atoms with Crippen LogP contribution in [-0.2, 0) is 4.79 Å². The van der Waals surface area contributed by atoms with Gasteiger partial charge in [0.05, 0.1) is 0 Å². The van der Waals surface area contributed by atoms with Gasteiger partial charge >= 0.3 is 0 Å². The highest BCUT2D eigenvalue weighted by molar-refractivity contribution is 8.17. The van der Waals surface area contributed by atoms with Gasteiger partial charge in [-0.05, 0) is 42.0 Å². The number of nitrogens with zero attached hydrogens (tertiary/aromatic N) is 6. The van der Waals surface area contributed by atoms with Gasteiger partial charge in [0.1, 0.15) is 0 Å². The minimum atomic E-state index is -0.0723. The number of rotatable bonds is 12. The number of allylic oxidation sites excluding steroid dienone is 6. The maximum Gasteiger partial charge on any atom is 0.234 e. The highest BCUT2D eigenvalue weighted by atomic mass is 32.2. The largest absolute Gasteiger partial charge is 0.338 e. The van der Waals surface area contributed by atoms with Crippen LogP contribution in [0.5, 0.6) is 0 Å². The monoisotopic (exact) mass is 650 g/mol. The summed E-state index contributed by atoms with van der Waals surface area (Å²) in [6, 6.07) is 0. The molecule has 1 fully saturated rings. The molecule has 0 radical (unpaired) electrons. The quantitative estimate of drug-likeness (QED) is 0.0626. The van der Waals surface area contributed by atoms with Crippen molar-refractivity contribution in [1.82, 2.24) is 25.2 Å². The number of aromatic nitrogens is 3. The SMILES string of the molecule is C#CCCC#C/C=C\CC(=C)SC(=NC)Nc1nc(S/C=C/C=C(\C=C)NC(=O)CC)nc(N2CCN(C)CC2)n1.CC.CC. The summed E-state index contributed by atoms with van der Waals surface area (Å²) in [4.78, 5) is 35.4. The first-order valence-corrected chi connectivity index (χ1v) is 16.9. The van der Waals surface area contributed by atoms with Crippen LogP contribution in [0.25, 0.3) is 0 Å². The van der Waals surface area contributed by atoms with E-state index in [1.165, 1.54) is 23.5 Å². The molecule has 2 heterocycles. The fraction of sp³-hybridized carbons (Fsp3) is 0.441.